The lowest BCUT2D eigenvalue weighted by atomic mass is 10.2. The molecule has 9 heteroatoms. The smallest absolute Gasteiger partial charge is 0.291 e. The third kappa shape index (κ3) is 4.50. The molecule has 4 aromatic rings. The first-order valence-corrected chi connectivity index (χ1v) is 10.5. The summed E-state index contributed by atoms with van der Waals surface area (Å²) in [7, 11) is 1.77. The lowest BCUT2D eigenvalue weighted by Gasteiger charge is -2.19. The summed E-state index contributed by atoms with van der Waals surface area (Å²) in [6.45, 7) is 4.76. The maximum Gasteiger partial charge on any atom is 0.291 e. The van der Waals surface area contributed by atoms with Gasteiger partial charge in [-0.15, -0.1) is 0 Å². The number of carbonyl (C=O) groups excluding carboxylic acids is 2. The number of aromatic nitrogens is 3. The number of nitrogens with zero attached hydrogens (tertiary/aromatic N) is 3. The Morgan fingerprint density at radius 1 is 1.25 bits per heavy atom. The molecule has 0 aliphatic heterocycles. The van der Waals surface area contributed by atoms with Gasteiger partial charge in [-0.3, -0.25) is 9.59 Å². The zero-order chi connectivity index (χ0) is 22.8. The van der Waals surface area contributed by atoms with Crippen molar-refractivity contribution < 1.29 is 14.0 Å². The van der Waals surface area contributed by atoms with Crippen molar-refractivity contribution in [3.05, 3.63) is 65.2 Å². The number of H-pyrrole nitrogens is 1. The molecule has 1 aromatic carbocycles. The van der Waals surface area contributed by atoms with Crippen molar-refractivity contribution >= 4 is 40.3 Å². The molecule has 2 amide bonds. The standard InChI is InChI=1S/C23H22ClN5O3/c1-13(2)12-29(3)23(31)14-9-18-21(25-11-14)28-20(27-18)16-10-15(6-7-17(16)24)26-22(30)19-5-4-8-32-19/h4-11,13H,12H2,1-3H3,(H,26,30)(H,25,27,28). The van der Waals surface area contributed by atoms with Crippen LogP contribution in [0.1, 0.15) is 34.8 Å². The minimum absolute atomic E-state index is 0.107. The Labute approximate surface area is 189 Å². The van der Waals surface area contributed by atoms with E-state index in [4.69, 9.17) is 16.0 Å². The maximum atomic E-state index is 12.7. The van der Waals surface area contributed by atoms with Crippen LogP contribution in [0.5, 0.6) is 0 Å². The summed E-state index contributed by atoms with van der Waals surface area (Å²) in [6.07, 6.45) is 2.96. The second-order valence-corrected chi connectivity index (χ2v) is 8.29. The van der Waals surface area contributed by atoms with E-state index >= 15 is 0 Å². The molecule has 0 bridgehead atoms. The molecule has 0 saturated carbocycles. The van der Waals surface area contributed by atoms with Crippen molar-refractivity contribution in [2.75, 3.05) is 18.9 Å². The minimum atomic E-state index is -0.372. The quantitative estimate of drug-likeness (QED) is 0.436. The molecule has 4 rings (SSSR count). The number of fused-ring (bicyclic) bond motifs is 1. The third-order valence-electron chi connectivity index (χ3n) is 4.79. The first kappa shape index (κ1) is 21.6. The Morgan fingerprint density at radius 3 is 2.78 bits per heavy atom. The van der Waals surface area contributed by atoms with Crippen LogP contribution in [0.25, 0.3) is 22.6 Å². The van der Waals surface area contributed by atoms with E-state index in [0.29, 0.717) is 51.3 Å². The molecule has 0 spiro atoms. The predicted octanol–water partition coefficient (Wildman–Crippen LogP) is 4.85. The highest BCUT2D eigenvalue weighted by Gasteiger charge is 2.17. The summed E-state index contributed by atoms with van der Waals surface area (Å²) < 4.78 is 5.12. The molecule has 0 radical (unpaired) electrons. The number of furan rings is 1. The van der Waals surface area contributed by atoms with Crippen molar-refractivity contribution in [3.63, 3.8) is 0 Å². The SMILES string of the molecule is CC(C)CN(C)C(=O)c1cnc2nc(-c3cc(NC(=O)c4ccco4)ccc3Cl)[nH]c2c1. The molecule has 0 unspecified atom stereocenters. The predicted molar refractivity (Wildman–Crippen MR) is 123 cm³/mol. The van der Waals surface area contributed by atoms with E-state index in [9.17, 15) is 9.59 Å². The number of benzene rings is 1. The summed E-state index contributed by atoms with van der Waals surface area (Å²) in [5.41, 5.74) is 2.67. The van der Waals surface area contributed by atoms with Crippen molar-refractivity contribution in [1.82, 2.24) is 19.9 Å². The van der Waals surface area contributed by atoms with E-state index in [1.54, 1.807) is 48.3 Å². The van der Waals surface area contributed by atoms with Crippen molar-refractivity contribution in [2.24, 2.45) is 5.92 Å². The van der Waals surface area contributed by atoms with E-state index in [-0.39, 0.29) is 17.6 Å². The Kier molecular flexibility index (Phi) is 5.96. The summed E-state index contributed by atoms with van der Waals surface area (Å²) in [4.78, 5) is 38.6. The number of carbonyl (C=O) groups is 2. The van der Waals surface area contributed by atoms with Crippen LogP contribution in [0.15, 0.2) is 53.3 Å². The molecule has 3 heterocycles. The molecular weight excluding hydrogens is 430 g/mol. The van der Waals surface area contributed by atoms with Crippen molar-refractivity contribution in [2.45, 2.75) is 13.8 Å². The van der Waals surface area contributed by atoms with Gasteiger partial charge in [-0.2, -0.15) is 0 Å². The van der Waals surface area contributed by atoms with Gasteiger partial charge in [-0.05, 0) is 42.3 Å². The highest BCUT2D eigenvalue weighted by molar-refractivity contribution is 6.33. The number of amides is 2. The van der Waals surface area contributed by atoms with Crippen LogP contribution in [-0.2, 0) is 0 Å². The first-order valence-electron chi connectivity index (χ1n) is 10.1. The normalized spacial score (nSPS) is 11.2. The van der Waals surface area contributed by atoms with Gasteiger partial charge < -0.3 is 19.6 Å². The first-order chi connectivity index (χ1) is 15.3. The highest BCUT2D eigenvalue weighted by atomic mass is 35.5. The van der Waals surface area contributed by atoms with Crippen LogP contribution in [0, 0.1) is 5.92 Å². The minimum Gasteiger partial charge on any atom is -0.459 e. The molecule has 2 N–H and O–H groups in total. The molecule has 0 aliphatic rings. The van der Waals surface area contributed by atoms with Crippen LogP contribution >= 0.6 is 11.6 Å². The van der Waals surface area contributed by atoms with E-state index in [2.05, 4.69) is 34.1 Å². The Morgan fingerprint density at radius 2 is 2.06 bits per heavy atom. The molecule has 8 nitrogen and oxygen atoms in total. The molecule has 0 atom stereocenters. The third-order valence-corrected chi connectivity index (χ3v) is 5.12. The lowest BCUT2D eigenvalue weighted by Crippen LogP contribution is -2.30. The van der Waals surface area contributed by atoms with Crippen molar-refractivity contribution in [3.8, 4) is 11.4 Å². The van der Waals surface area contributed by atoms with E-state index in [1.165, 1.54) is 12.5 Å². The van der Waals surface area contributed by atoms with Crippen LogP contribution < -0.4 is 5.32 Å². The zero-order valence-corrected chi connectivity index (χ0v) is 18.6. The molecule has 32 heavy (non-hydrogen) atoms. The fourth-order valence-corrected chi connectivity index (χ4v) is 3.59. The summed E-state index contributed by atoms with van der Waals surface area (Å²) in [5, 5.41) is 3.22. The fourth-order valence-electron chi connectivity index (χ4n) is 3.38. The number of aromatic amines is 1. The van der Waals surface area contributed by atoms with Crippen LogP contribution in [-0.4, -0.2) is 45.3 Å². The number of anilines is 1. The summed E-state index contributed by atoms with van der Waals surface area (Å²) >= 11 is 6.39. The number of nitrogens with one attached hydrogen (secondary N) is 2. The largest absolute Gasteiger partial charge is 0.459 e. The van der Waals surface area contributed by atoms with Gasteiger partial charge in [0.2, 0.25) is 0 Å². The van der Waals surface area contributed by atoms with Crippen LogP contribution in [0.2, 0.25) is 5.02 Å². The van der Waals surface area contributed by atoms with Gasteiger partial charge in [0.25, 0.3) is 11.8 Å². The molecule has 3 aromatic heterocycles. The average Bonchev–Trinajstić information content (AvgIpc) is 3.43. The topological polar surface area (TPSA) is 104 Å². The van der Waals surface area contributed by atoms with Crippen LogP contribution in [0.4, 0.5) is 5.69 Å². The number of pyridine rings is 1. The molecule has 0 saturated heterocycles. The van der Waals surface area contributed by atoms with Crippen LogP contribution in [0.3, 0.4) is 0 Å². The van der Waals surface area contributed by atoms with Gasteiger partial charge in [0.15, 0.2) is 11.4 Å². The maximum absolute atomic E-state index is 12.7. The van der Waals surface area contributed by atoms with E-state index in [0.717, 1.165) is 0 Å². The van der Waals surface area contributed by atoms with Crippen molar-refractivity contribution in [1.29, 1.82) is 0 Å². The van der Waals surface area contributed by atoms with E-state index < -0.39 is 0 Å². The monoisotopic (exact) mass is 451 g/mol. The zero-order valence-electron chi connectivity index (χ0n) is 17.8. The van der Waals surface area contributed by atoms with Gasteiger partial charge >= 0.3 is 0 Å². The molecular formula is C23H22ClN5O3. The van der Waals surface area contributed by atoms with Gasteiger partial charge in [0.05, 0.1) is 22.4 Å². The second kappa shape index (κ2) is 8.84. The number of hydrogen-bond acceptors (Lipinski definition) is 5. The van der Waals surface area contributed by atoms with Gasteiger partial charge in [-0.1, -0.05) is 25.4 Å². The van der Waals surface area contributed by atoms with Gasteiger partial charge in [0.1, 0.15) is 5.82 Å². The molecule has 0 aliphatic carbocycles. The summed E-state index contributed by atoms with van der Waals surface area (Å²) in [6, 6.07) is 10.0. The molecule has 0 fully saturated rings. The number of hydrogen-bond donors (Lipinski definition) is 2. The number of rotatable bonds is 6. The highest BCUT2D eigenvalue weighted by Crippen LogP contribution is 2.30. The Bertz CT molecular complexity index is 1280. The Hall–Kier alpha value is -3.65. The number of imidazole rings is 1. The van der Waals surface area contributed by atoms with Gasteiger partial charge in [0, 0.05) is 31.0 Å². The second-order valence-electron chi connectivity index (χ2n) is 7.89. The molecule has 164 valence electrons. The summed E-state index contributed by atoms with van der Waals surface area (Å²) in [5.74, 6) is 0.566. The fraction of sp³-hybridized carbons (Fsp3) is 0.217. The average molecular weight is 452 g/mol. The van der Waals surface area contributed by atoms with Gasteiger partial charge in [-0.25, -0.2) is 9.97 Å². The number of halogens is 1. The lowest BCUT2D eigenvalue weighted by molar-refractivity contribution is 0.0778. The van der Waals surface area contributed by atoms with E-state index in [1.807, 2.05) is 0 Å². The Balaban J connectivity index is 1.62.